The van der Waals surface area contributed by atoms with E-state index in [0.717, 1.165) is 33.2 Å². The summed E-state index contributed by atoms with van der Waals surface area (Å²) in [4.78, 5) is 22.1. The van der Waals surface area contributed by atoms with Crippen LogP contribution in [0.15, 0.2) is 83.7 Å². The lowest BCUT2D eigenvalue weighted by atomic mass is 9.97. The molecule has 5 aromatic rings. The molecule has 0 saturated heterocycles. The van der Waals surface area contributed by atoms with E-state index in [0.29, 0.717) is 11.2 Å². The van der Waals surface area contributed by atoms with Crippen molar-refractivity contribution in [1.82, 2.24) is 14.5 Å². The van der Waals surface area contributed by atoms with Crippen molar-refractivity contribution in [2.75, 3.05) is 0 Å². The van der Waals surface area contributed by atoms with Crippen molar-refractivity contribution in [2.24, 2.45) is 0 Å². The number of hydrogen-bond donors (Lipinski definition) is 0. The molecule has 138 valence electrons. The fourth-order valence-electron chi connectivity index (χ4n) is 4.35. The Labute approximate surface area is 167 Å². The van der Waals surface area contributed by atoms with Gasteiger partial charge in [-0.15, -0.1) is 0 Å². The van der Waals surface area contributed by atoms with Gasteiger partial charge in [0.1, 0.15) is 5.69 Å². The minimum absolute atomic E-state index is 0.0734. The predicted octanol–water partition coefficient (Wildman–Crippen LogP) is 4.87. The normalized spacial score (nSPS) is 14.9. The molecule has 3 aromatic carbocycles. The summed E-state index contributed by atoms with van der Waals surface area (Å²) in [5.41, 5.74) is 5.82. The van der Waals surface area contributed by atoms with E-state index in [1.165, 1.54) is 5.56 Å². The average molecular weight is 375 g/mol. The maximum Gasteiger partial charge on any atom is 0.281 e. The van der Waals surface area contributed by atoms with Crippen molar-refractivity contribution in [2.45, 2.75) is 13.0 Å². The molecule has 1 atom stereocenters. The first-order chi connectivity index (χ1) is 14.2. The first-order valence-electron chi connectivity index (χ1n) is 9.68. The molecule has 1 aliphatic heterocycles. The molecule has 2 aromatic heterocycles. The summed E-state index contributed by atoms with van der Waals surface area (Å²) < 4.78 is 2.16. The molecule has 29 heavy (non-hydrogen) atoms. The van der Waals surface area contributed by atoms with E-state index in [-0.39, 0.29) is 11.6 Å². The number of para-hydroxylation sites is 2. The van der Waals surface area contributed by atoms with Crippen LogP contribution >= 0.6 is 0 Å². The van der Waals surface area contributed by atoms with E-state index in [1.807, 2.05) is 42.5 Å². The smallest absolute Gasteiger partial charge is 0.281 e. The molecule has 0 saturated carbocycles. The van der Waals surface area contributed by atoms with Gasteiger partial charge in [-0.25, -0.2) is 4.98 Å². The Kier molecular flexibility index (Phi) is 3.27. The molecule has 0 N–H and O–H groups in total. The van der Waals surface area contributed by atoms with Crippen LogP contribution in [0.3, 0.4) is 0 Å². The molecule has 4 nitrogen and oxygen atoms in total. The largest absolute Gasteiger partial charge is 0.312 e. The number of pyridine rings is 1. The Morgan fingerprint density at radius 1 is 0.862 bits per heavy atom. The van der Waals surface area contributed by atoms with Crippen molar-refractivity contribution in [3.8, 4) is 11.5 Å². The van der Waals surface area contributed by atoms with Crippen LogP contribution in [0.4, 0.5) is 0 Å². The number of aromatic nitrogens is 3. The van der Waals surface area contributed by atoms with Gasteiger partial charge in [0.2, 0.25) is 0 Å². The molecule has 0 radical (unpaired) electrons. The van der Waals surface area contributed by atoms with Crippen molar-refractivity contribution in [3.05, 3.63) is 106 Å². The highest BCUT2D eigenvalue weighted by molar-refractivity contribution is 5.87. The molecule has 3 heterocycles. The lowest BCUT2D eigenvalue weighted by Gasteiger charge is -2.19. The fourth-order valence-corrected chi connectivity index (χ4v) is 4.35. The van der Waals surface area contributed by atoms with Gasteiger partial charge in [-0.2, -0.15) is 4.98 Å². The van der Waals surface area contributed by atoms with Gasteiger partial charge in [0, 0.05) is 10.9 Å². The Bertz CT molecular complexity index is 1480. The van der Waals surface area contributed by atoms with E-state index in [2.05, 4.69) is 52.9 Å². The molecule has 1 aliphatic rings. The van der Waals surface area contributed by atoms with E-state index < -0.39 is 0 Å². The Morgan fingerprint density at radius 2 is 1.62 bits per heavy atom. The number of aryl methyl sites for hydroxylation is 1. The molecule has 0 amide bonds. The van der Waals surface area contributed by atoms with Gasteiger partial charge in [-0.3, -0.25) is 4.79 Å². The first-order valence-corrected chi connectivity index (χ1v) is 9.68. The highest BCUT2D eigenvalue weighted by Gasteiger charge is 2.33. The zero-order chi connectivity index (χ0) is 19.5. The summed E-state index contributed by atoms with van der Waals surface area (Å²) in [6.07, 6.45) is 0. The molecular formula is C25H17N3O. The predicted molar refractivity (Wildman–Crippen MR) is 115 cm³/mol. The summed E-state index contributed by atoms with van der Waals surface area (Å²) in [7, 11) is 0. The van der Waals surface area contributed by atoms with Crippen LogP contribution < -0.4 is 5.56 Å². The molecule has 0 aliphatic carbocycles. The molecule has 1 unspecified atom stereocenters. The van der Waals surface area contributed by atoms with Crippen LogP contribution in [-0.4, -0.2) is 14.5 Å². The summed E-state index contributed by atoms with van der Waals surface area (Å²) >= 11 is 0. The van der Waals surface area contributed by atoms with Gasteiger partial charge in [-0.1, -0.05) is 60.2 Å². The Balaban J connectivity index is 1.77. The third-order valence-corrected chi connectivity index (χ3v) is 5.74. The van der Waals surface area contributed by atoms with Gasteiger partial charge in [0.25, 0.3) is 5.56 Å². The monoisotopic (exact) mass is 375 g/mol. The Morgan fingerprint density at radius 3 is 2.48 bits per heavy atom. The van der Waals surface area contributed by atoms with E-state index in [4.69, 9.17) is 4.98 Å². The second-order valence-electron chi connectivity index (χ2n) is 7.56. The molecule has 0 spiro atoms. The SMILES string of the molecule is Cc1ccc(C2c3cc4ccccc4nc3-c3nc(=O)c4ccccc4n32)cc1. The highest BCUT2D eigenvalue weighted by Crippen LogP contribution is 2.43. The number of rotatable bonds is 1. The molecule has 6 rings (SSSR count). The van der Waals surface area contributed by atoms with Crippen molar-refractivity contribution in [3.63, 3.8) is 0 Å². The zero-order valence-electron chi connectivity index (χ0n) is 15.8. The summed E-state index contributed by atoms with van der Waals surface area (Å²) in [6, 6.07) is 26.4. The lowest BCUT2D eigenvalue weighted by molar-refractivity contribution is 0.726. The van der Waals surface area contributed by atoms with Crippen LogP contribution in [-0.2, 0) is 0 Å². The average Bonchev–Trinajstić information content (AvgIpc) is 3.06. The summed E-state index contributed by atoms with van der Waals surface area (Å²) in [5, 5.41) is 1.72. The van der Waals surface area contributed by atoms with Gasteiger partial charge in [0.05, 0.1) is 22.5 Å². The topological polar surface area (TPSA) is 47.8 Å². The molecule has 0 fully saturated rings. The Hall–Kier alpha value is -3.79. The number of hydrogen-bond acceptors (Lipinski definition) is 3. The van der Waals surface area contributed by atoms with Crippen molar-refractivity contribution < 1.29 is 0 Å². The first kappa shape index (κ1) is 16.2. The maximum atomic E-state index is 12.7. The van der Waals surface area contributed by atoms with Crippen LogP contribution in [0.1, 0.15) is 22.7 Å². The van der Waals surface area contributed by atoms with Gasteiger partial charge >= 0.3 is 0 Å². The third-order valence-electron chi connectivity index (χ3n) is 5.74. The highest BCUT2D eigenvalue weighted by atomic mass is 16.1. The van der Waals surface area contributed by atoms with Crippen LogP contribution in [0.25, 0.3) is 33.3 Å². The number of benzene rings is 3. The van der Waals surface area contributed by atoms with E-state index in [1.54, 1.807) is 0 Å². The zero-order valence-corrected chi connectivity index (χ0v) is 15.8. The standard InChI is InChI=1S/C25H17N3O/c1-15-10-12-16(13-11-15)23-19-14-17-6-2-4-8-20(17)26-22(19)24-27-25(29)18-7-3-5-9-21(18)28(23)24/h2-14,23H,1H3. The fraction of sp³-hybridized carbons (Fsp3) is 0.0800. The molecule has 0 bridgehead atoms. The van der Waals surface area contributed by atoms with Crippen molar-refractivity contribution >= 4 is 21.8 Å². The minimum Gasteiger partial charge on any atom is -0.312 e. The second kappa shape index (κ2) is 5.85. The lowest BCUT2D eigenvalue weighted by Crippen LogP contribution is -2.16. The number of nitrogens with zero attached hydrogens (tertiary/aromatic N) is 3. The van der Waals surface area contributed by atoms with Crippen molar-refractivity contribution in [1.29, 1.82) is 0 Å². The quantitative estimate of drug-likeness (QED) is 0.412. The van der Waals surface area contributed by atoms with Gasteiger partial charge < -0.3 is 4.57 Å². The summed E-state index contributed by atoms with van der Waals surface area (Å²) in [5.74, 6) is 0.639. The van der Waals surface area contributed by atoms with Gasteiger partial charge in [-0.05, 0) is 36.8 Å². The van der Waals surface area contributed by atoms with E-state index in [9.17, 15) is 4.79 Å². The maximum absolute atomic E-state index is 12.7. The number of fused-ring (bicyclic) bond motifs is 6. The molecular weight excluding hydrogens is 358 g/mol. The van der Waals surface area contributed by atoms with E-state index >= 15 is 0 Å². The molecule has 4 heteroatoms. The summed E-state index contributed by atoms with van der Waals surface area (Å²) in [6.45, 7) is 2.09. The van der Waals surface area contributed by atoms with Crippen LogP contribution in [0.5, 0.6) is 0 Å². The second-order valence-corrected chi connectivity index (χ2v) is 7.56. The van der Waals surface area contributed by atoms with Gasteiger partial charge in [0.15, 0.2) is 5.82 Å². The third kappa shape index (κ3) is 2.29. The van der Waals surface area contributed by atoms with Crippen LogP contribution in [0.2, 0.25) is 0 Å². The minimum atomic E-state index is -0.211. The van der Waals surface area contributed by atoms with Crippen LogP contribution in [0, 0.1) is 6.92 Å².